The largest absolute Gasteiger partial charge is 0.459 e. The molecule has 2 aromatic rings. The van der Waals surface area contributed by atoms with Crippen molar-refractivity contribution < 1.29 is 12.8 Å². The summed E-state index contributed by atoms with van der Waals surface area (Å²) in [6.07, 6.45) is 1.76. The van der Waals surface area contributed by atoms with Crippen LogP contribution < -0.4 is 10.6 Å². The molecule has 0 saturated heterocycles. The Morgan fingerprint density at radius 2 is 1.89 bits per heavy atom. The maximum atomic E-state index is 11.3. The number of sulfone groups is 1. The molecule has 2 N–H and O–H groups in total. The molecule has 0 radical (unpaired) electrons. The highest BCUT2D eigenvalue weighted by Crippen LogP contribution is 2.23. The standard InChI is InChI=1S/C18H24BrN3O3S.HI/c1-13(10-11-26(3,23)24)22-18(20-2)21-12-16-8-9-17(25-16)14-4-6-15(19)7-5-14;/h4-9,13H,10-12H2,1-3H3,(H2,20,21,22);1H. The maximum Gasteiger partial charge on any atom is 0.191 e. The topological polar surface area (TPSA) is 83.7 Å². The van der Waals surface area contributed by atoms with Crippen LogP contribution in [0.15, 0.2) is 50.3 Å². The van der Waals surface area contributed by atoms with E-state index in [4.69, 9.17) is 4.42 Å². The Morgan fingerprint density at radius 3 is 2.48 bits per heavy atom. The molecule has 9 heteroatoms. The number of aliphatic imine (C=N–C) groups is 1. The van der Waals surface area contributed by atoms with Crippen LogP contribution in [0.5, 0.6) is 0 Å². The monoisotopic (exact) mass is 569 g/mol. The van der Waals surface area contributed by atoms with Crippen molar-refractivity contribution in [2.45, 2.75) is 25.9 Å². The van der Waals surface area contributed by atoms with Gasteiger partial charge in [-0.25, -0.2) is 8.42 Å². The number of halogens is 2. The summed E-state index contributed by atoms with van der Waals surface area (Å²) in [5, 5.41) is 6.36. The second-order valence-electron chi connectivity index (χ2n) is 6.16. The van der Waals surface area contributed by atoms with Gasteiger partial charge >= 0.3 is 0 Å². The zero-order chi connectivity index (χ0) is 19.2. The molecule has 0 fully saturated rings. The van der Waals surface area contributed by atoms with Crippen LogP contribution in [0.2, 0.25) is 0 Å². The minimum Gasteiger partial charge on any atom is -0.459 e. The smallest absolute Gasteiger partial charge is 0.191 e. The minimum atomic E-state index is -2.96. The quantitative estimate of drug-likeness (QED) is 0.301. The second kappa shape index (κ2) is 11.1. The summed E-state index contributed by atoms with van der Waals surface area (Å²) in [6, 6.07) is 11.8. The van der Waals surface area contributed by atoms with Crippen molar-refractivity contribution in [2.24, 2.45) is 4.99 Å². The first kappa shape index (κ1) is 24.0. The van der Waals surface area contributed by atoms with E-state index in [1.807, 2.05) is 43.3 Å². The van der Waals surface area contributed by atoms with E-state index in [0.717, 1.165) is 21.6 Å². The van der Waals surface area contributed by atoms with Crippen LogP contribution in [-0.2, 0) is 16.4 Å². The molecule has 0 bridgehead atoms. The lowest BCUT2D eigenvalue weighted by atomic mass is 10.2. The molecule has 1 unspecified atom stereocenters. The first-order valence-electron chi connectivity index (χ1n) is 8.26. The van der Waals surface area contributed by atoms with E-state index in [0.29, 0.717) is 18.9 Å². The Kier molecular flexibility index (Phi) is 9.82. The zero-order valence-electron chi connectivity index (χ0n) is 15.5. The summed E-state index contributed by atoms with van der Waals surface area (Å²) in [6.45, 7) is 2.41. The van der Waals surface area contributed by atoms with Gasteiger partial charge in [-0.15, -0.1) is 24.0 Å². The fourth-order valence-corrected chi connectivity index (χ4v) is 3.35. The molecule has 0 saturated carbocycles. The average Bonchev–Trinajstić information content (AvgIpc) is 3.05. The van der Waals surface area contributed by atoms with Crippen LogP contribution >= 0.6 is 39.9 Å². The number of rotatable bonds is 7. The van der Waals surface area contributed by atoms with Crippen molar-refractivity contribution in [3.8, 4) is 11.3 Å². The fraction of sp³-hybridized carbons (Fsp3) is 0.389. The molecular weight excluding hydrogens is 545 g/mol. The molecule has 0 spiro atoms. The fourth-order valence-electron chi connectivity index (χ4n) is 2.30. The summed E-state index contributed by atoms with van der Waals surface area (Å²) in [7, 11) is -1.29. The Morgan fingerprint density at radius 1 is 1.22 bits per heavy atom. The van der Waals surface area contributed by atoms with Gasteiger partial charge in [0.25, 0.3) is 0 Å². The number of hydrogen-bond acceptors (Lipinski definition) is 4. The van der Waals surface area contributed by atoms with Crippen LogP contribution in [0.1, 0.15) is 19.1 Å². The third-order valence-corrected chi connectivity index (χ3v) is 5.25. The Hall–Kier alpha value is -1.07. The van der Waals surface area contributed by atoms with E-state index >= 15 is 0 Å². The highest BCUT2D eigenvalue weighted by Gasteiger charge is 2.10. The van der Waals surface area contributed by atoms with Crippen LogP contribution in [-0.4, -0.2) is 39.5 Å². The van der Waals surface area contributed by atoms with Gasteiger partial charge in [0.1, 0.15) is 21.4 Å². The SMILES string of the molecule is CN=C(NCc1ccc(-c2ccc(Br)cc2)o1)NC(C)CCS(C)(=O)=O.I. The summed E-state index contributed by atoms with van der Waals surface area (Å²) in [5.41, 5.74) is 1.01. The molecule has 0 aliphatic carbocycles. The molecule has 0 aliphatic heterocycles. The van der Waals surface area contributed by atoms with Crippen molar-refractivity contribution >= 4 is 55.7 Å². The molecule has 1 aromatic carbocycles. The lowest BCUT2D eigenvalue weighted by Gasteiger charge is -2.17. The normalized spacial score (nSPS) is 13.0. The van der Waals surface area contributed by atoms with Gasteiger partial charge in [0.15, 0.2) is 5.96 Å². The number of furan rings is 1. The maximum absolute atomic E-state index is 11.3. The van der Waals surface area contributed by atoms with E-state index in [2.05, 4.69) is 31.6 Å². The number of hydrogen-bond donors (Lipinski definition) is 2. The molecular formula is C18H25BrIN3O3S. The Labute approximate surface area is 186 Å². The van der Waals surface area contributed by atoms with E-state index in [9.17, 15) is 8.42 Å². The van der Waals surface area contributed by atoms with Gasteiger partial charge in [0, 0.05) is 29.4 Å². The molecule has 6 nitrogen and oxygen atoms in total. The molecule has 0 aliphatic rings. The molecule has 2 rings (SSSR count). The van der Waals surface area contributed by atoms with Crippen molar-refractivity contribution in [1.29, 1.82) is 0 Å². The third-order valence-electron chi connectivity index (χ3n) is 3.75. The van der Waals surface area contributed by atoms with E-state index in [1.165, 1.54) is 6.26 Å². The number of nitrogens with zero attached hydrogens (tertiary/aromatic N) is 1. The van der Waals surface area contributed by atoms with Crippen LogP contribution in [0.25, 0.3) is 11.3 Å². The number of benzene rings is 1. The van der Waals surface area contributed by atoms with Gasteiger partial charge in [-0.2, -0.15) is 0 Å². The average molecular weight is 570 g/mol. The first-order valence-corrected chi connectivity index (χ1v) is 11.1. The highest BCUT2D eigenvalue weighted by molar-refractivity contribution is 14.0. The Balaban J connectivity index is 0.00000364. The molecule has 150 valence electrons. The predicted octanol–water partition coefficient (Wildman–Crippen LogP) is 3.82. The van der Waals surface area contributed by atoms with E-state index in [-0.39, 0.29) is 35.8 Å². The van der Waals surface area contributed by atoms with Gasteiger partial charge in [-0.1, -0.05) is 28.1 Å². The predicted molar refractivity (Wildman–Crippen MR) is 124 cm³/mol. The second-order valence-corrected chi connectivity index (χ2v) is 9.34. The highest BCUT2D eigenvalue weighted by atomic mass is 127. The summed E-state index contributed by atoms with van der Waals surface area (Å²) in [5.74, 6) is 2.34. The summed E-state index contributed by atoms with van der Waals surface area (Å²) < 4.78 is 29.4. The lowest BCUT2D eigenvalue weighted by Crippen LogP contribution is -2.42. The van der Waals surface area contributed by atoms with Gasteiger partial charge in [0.2, 0.25) is 0 Å². The molecule has 27 heavy (non-hydrogen) atoms. The lowest BCUT2D eigenvalue weighted by molar-refractivity contribution is 0.511. The van der Waals surface area contributed by atoms with Gasteiger partial charge in [-0.05, 0) is 37.6 Å². The van der Waals surface area contributed by atoms with Gasteiger partial charge in [-0.3, -0.25) is 4.99 Å². The van der Waals surface area contributed by atoms with E-state index in [1.54, 1.807) is 7.05 Å². The molecule has 1 heterocycles. The Bertz CT molecular complexity index is 851. The first-order chi connectivity index (χ1) is 12.3. The van der Waals surface area contributed by atoms with Crippen molar-refractivity contribution in [2.75, 3.05) is 19.1 Å². The summed E-state index contributed by atoms with van der Waals surface area (Å²) in [4.78, 5) is 4.16. The van der Waals surface area contributed by atoms with Crippen molar-refractivity contribution in [3.63, 3.8) is 0 Å². The molecule has 0 amide bonds. The van der Waals surface area contributed by atoms with Crippen LogP contribution in [0, 0.1) is 0 Å². The number of guanidine groups is 1. The van der Waals surface area contributed by atoms with Gasteiger partial charge < -0.3 is 15.1 Å². The zero-order valence-corrected chi connectivity index (χ0v) is 20.3. The minimum absolute atomic E-state index is 0. The van der Waals surface area contributed by atoms with Crippen molar-refractivity contribution in [3.05, 3.63) is 46.6 Å². The van der Waals surface area contributed by atoms with Crippen molar-refractivity contribution in [1.82, 2.24) is 10.6 Å². The summed E-state index contributed by atoms with van der Waals surface area (Å²) >= 11 is 3.42. The third kappa shape index (κ3) is 8.65. The van der Waals surface area contributed by atoms with Crippen LogP contribution in [0.3, 0.4) is 0 Å². The van der Waals surface area contributed by atoms with E-state index < -0.39 is 9.84 Å². The molecule has 1 atom stereocenters. The van der Waals surface area contributed by atoms with Crippen LogP contribution in [0.4, 0.5) is 0 Å². The number of nitrogens with one attached hydrogen (secondary N) is 2. The molecule has 1 aromatic heterocycles. The van der Waals surface area contributed by atoms with Gasteiger partial charge in [0.05, 0.1) is 12.3 Å².